The molecular weight excluding hydrogens is 268 g/mol. The highest BCUT2D eigenvalue weighted by atomic mass is 32.1. The molecule has 1 aliphatic heterocycles. The van der Waals surface area contributed by atoms with Crippen molar-refractivity contribution >= 4 is 34.5 Å². The van der Waals surface area contributed by atoms with Crippen LogP contribution < -0.4 is 11.1 Å². The van der Waals surface area contributed by atoms with Crippen LogP contribution in [0.1, 0.15) is 18.4 Å². The smallest absolute Gasteiger partial charge is 0.233 e. The van der Waals surface area contributed by atoms with E-state index in [1.807, 2.05) is 16.8 Å². The van der Waals surface area contributed by atoms with Crippen molar-refractivity contribution in [3.8, 4) is 0 Å². The lowest BCUT2D eigenvalue weighted by molar-refractivity contribution is -0.131. The van der Waals surface area contributed by atoms with Crippen LogP contribution in [0.3, 0.4) is 0 Å². The maximum atomic E-state index is 12.3. The number of carbonyl (C=O) groups excluding carboxylic acids is 1. The molecule has 0 unspecified atom stereocenters. The Morgan fingerprint density at radius 3 is 2.83 bits per heavy atom. The second-order valence-corrected chi connectivity index (χ2v) is 5.59. The van der Waals surface area contributed by atoms with E-state index in [1.165, 1.54) is 0 Å². The minimum atomic E-state index is -0.733. The molecule has 18 heavy (non-hydrogen) atoms. The normalized spacial score (nSPS) is 18.2. The summed E-state index contributed by atoms with van der Waals surface area (Å²) in [5.74, 6) is -0.0792. The first kappa shape index (κ1) is 13.5. The van der Waals surface area contributed by atoms with Crippen molar-refractivity contribution in [2.24, 2.45) is 11.1 Å². The lowest BCUT2D eigenvalue weighted by Crippen LogP contribution is -2.51. The molecule has 0 bridgehead atoms. The fraction of sp³-hybridized carbons (Fsp3) is 0.500. The third-order valence-corrected chi connectivity index (χ3v) is 4.41. The van der Waals surface area contributed by atoms with Gasteiger partial charge in [-0.1, -0.05) is 12.2 Å². The van der Waals surface area contributed by atoms with Crippen LogP contribution in [0, 0.1) is 5.41 Å². The van der Waals surface area contributed by atoms with Gasteiger partial charge in [0.15, 0.2) is 0 Å². The van der Waals surface area contributed by atoms with Gasteiger partial charge in [0.25, 0.3) is 0 Å². The van der Waals surface area contributed by atoms with Crippen molar-refractivity contribution in [2.45, 2.75) is 19.4 Å². The summed E-state index contributed by atoms with van der Waals surface area (Å²) < 4.78 is 5.28. The molecule has 4 nitrogen and oxygen atoms in total. The highest BCUT2D eigenvalue weighted by Crippen LogP contribution is 2.31. The summed E-state index contributed by atoms with van der Waals surface area (Å²) >= 11 is 6.69. The van der Waals surface area contributed by atoms with E-state index in [0.29, 0.717) is 32.6 Å². The zero-order valence-electron chi connectivity index (χ0n) is 9.98. The maximum Gasteiger partial charge on any atom is 0.233 e. The molecule has 0 spiro atoms. The minimum Gasteiger partial charge on any atom is -0.392 e. The predicted octanol–water partition coefficient (Wildman–Crippen LogP) is 1.45. The van der Waals surface area contributed by atoms with E-state index in [4.69, 9.17) is 22.7 Å². The van der Waals surface area contributed by atoms with E-state index in [-0.39, 0.29) is 10.9 Å². The standard InChI is InChI=1S/C12H16N2O2S2/c13-10(17)12(2-4-16-5-3-12)11(15)14-7-9-1-6-18-8-9/h1,6,8H,2-5,7H2,(H2,13,17)(H,14,15). The van der Waals surface area contributed by atoms with Crippen molar-refractivity contribution in [3.63, 3.8) is 0 Å². The molecular formula is C12H16N2O2S2. The summed E-state index contributed by atoms with van der Waals surface area (Å²) in [6.45, 7) is 1.58. The van der Waals surface area contributed by atoms with Crippen molar-refractivity contribution < 1.29 is 9.53 Å². The van der Waals surface area contributed by atoms with Crippen LogP contribution in [0.25, 0.3) is 0 Å². The van der Waals surface area contributed by atoms with E-state index in [9.17, 15) is 4.79 Å². The average molecular weight is 284 g/mol. The number of carbonyl (C=O) groups is 1. The molecule has 98 valence electrons. The molecule has 1 aliphatic rings. The van der Waals surface area contributed by atoms with Crippen molar-refractivity contribution in [3.05, 3.63) is 22.4 Å². The summed E-state index contributed by atoms with van der Waals surface area (Å²) in [6.07, 6.45) is 1.13. The monoisotopic (exact) mass is 284 g/mol. The highest BCUT2D eigenvalue weighted by molar-refractivity contribution is 7.80. The van der Waals surface area contributed by atoms with Crippen molar-refractivity contribution in [2.75, 3.05) is 13.2 Å². The summed E-state index contributed by atoms with van der Waals surface area (Å²) in [5.41, 5.74) is 6.13. The molecule has 6 heteroatoms. The molecule has 1 aromatic rings. The van der Waals surface area contributed by atoms with Crippen molar-refractivity contribution in [1.82, 2.24) is 5.32 Å². The molecule has 0 atom stereocenters. The topological polar surface area (TPSA) is 64.4 Å². The molecule has 1 saturated heterocycles. The van der Waals surface area contributed by atoms with Gasteiger partial charge < -0.3 is 15.8 Å². The Balaban J connectivity index is 2.02. The zero-order chi connectivity index (χ0) is 13.0. The van der Waals surface area contributed by atoms with Gasteiger partial charge in [0, 0.05) is 19.8 Å². The summed E-state index contributed by atoms with van der Waals surface area (Å²) in [4.78, 5) is 12.6. The number of hydrogen-bond donors (Lipinski definition) is 2. The zero-order valence-corrected chi connectivity index (χ0v) is 11.6. The Morgan fingerprint density at radius 1 is 1.56 bits per heavy atom. The van der Waals surface area contributed by atoms with E-state index in [2.05, 4.69) is 5.32 Å². The van der Waals surface area contributed by atoms with Crippen LogP contribution in [0.4, 0.5) is 0 Å². The summed E-state index contributed by atoms with van der Waals surface area (Å²) in [5, 5.41) is 6.92. The van der Waals surface area contributed by atoms with Crippen LogP contribution in [0.15, 0.2) is 16.8 Å². The lowest BCUT2D eigenvalue weighted by atomic mass is 9.79. The fourth-order valence-corrected chi connectivity index (χ4v) is 3.02. The van der Waals surface area contributed by atoms with Gasteiger partial charge >= 0.3 is 0 Å². The Hall–Kier alpha value is -0.980. The van der Waals surface area contributed by atoms with Crippen LogP contribution in [-0.2, 0) is 16.1 Å². The Bertz CT molecular complexity index is 425. The number of ether oxygens (including phenoxy) is 1. The summed E-state index contributed by atoms with van der Waals surface area (Å²) in [7, 11) is 0. The van der Waals surface area contributed by atoms with Crippen molar-refractivity contribution in [1.29, 1.82) is 0 Å². The minimum absolute atomic E-state index is 0.0792. The predicted molar refractivity (Wildman–Crippen MR) is 75.4 cm³/mol. The maximum absolute atomic E-state index is 12.3. The first-order chi connectivity index (χ1) is 8.65. The van der Waals surface area contributed by atoms with Crippen LogP contribution in [0.5, 0.6) is 0 Å². The number of hydrogen-bond acceptors (Lipinski definition) is 4. The first-order valence-electron chi connectivity index (χ1n) is 5.82. The SMILES string of the molecule is NC(=S)C1(C(=O)NCc2ccsc2)CCOCC1. The van der Waals surface area contributed by atoms with Gasteiger partial charge in [-0.15, -0.1) is 0 Å². The number of rotatable bonds is 4. The van der Waals surface area contributed by atoms with E-state index >= 15 is 0 Å². The molecule has 0 aromatic carbocycles. The van der Waals surface area contributed by atoms with Gasteiger partial charge in [0.05, 0.1) is 4.99 Å². The van der Waals surface area contributed by atoms with Crippen LogP contribution >= 0.6 is 23.6 Å². The second kappa shape index (κ2) is 5.77. The number of nitrogens with two attached hydrogens (primary N) is 1. The molecule has 1 amide bonds. The van der Waals surface area contributed by atoms with Crippen LogP contribution in [0.2, 0.25) is 0 Å². The van der Waals surface area contributed by atoms with Gasteiger partial charge in [0.2, 0.25) is 5.91 Å². The van der Waals surface area contributed by atoms with Crippen LogP contribution in [-0.4, -0.2) is 24.1 Å². The van der Waals surface area contributed by atoms with Gasteiger partial charge in [-0.2, -0.15) is 11.3 Å². The molecule has 2 rings (SSSR count). The number of nitrogens with one attached hydrogen (secondary N) is 1. The number of thiophene rings is 1. The molecule has 0 radical (unpaired) electrons. The number of thiocarbonyl (C=S) groups is 1. The number of amides is 1. The molecule has 0 saturated carbocycles. The molecule has 2 heterocycles. The lowest BCUT2D eigenvalue weighted by Gasteiger charge is -2.34. The fourth-order valence-electron chi connectivity index (χ4n) is 2.05. The average Bonchev–Trinajstić information content (AvgIpc) is 2.89. The quantitative estimate of drug-likeness (QED) is 0.821. The van der Waals surface area contributed by atoms with Gasteiger partial charge in [0.1, 0.15) is 5.41 Å². The van der Waals surface area contributed by atoms with Gasteiger partial charge in [-0.3, -0.25) is 4.79 Å². The molecule has 1 aromatic heterocycles. The Labute approximate surface area is 116 Å². The van der Waals surface area contributed by atoms with Gasteiger partial charge in [-0.25, -0.2) is 0 Å². The summed E-state index contributed by atoms with van der Waals surface area (Å²) in [6, 6.07) is 1.99. The largest absolute Gasteiger partial charge is 0.392 e. The van der Waals surface area contributed by atoms with E-state index in [1.54, 1.807) is 11.3 Å². The first-order valence-corrected chi connectivity index (χ1v) is 7.17. The third kappa shape index (κ3) is 2.71. The van der Waals surface area contributed by atoms with E-state index in [0.717, 1.165) is 5.56 Å². The Morgan fingerprint density at radius 2 is 2.28 bits per heavy atom. The van der Waals surface area contributed by atoms with E-state index < -0.39 is 5.41 Å². The second-order valence-electron chi connectivity index (χ2n) is 4.37. The molecule has 1 fully saturated rings. The third-order valence-electron chi connectivity index (χ3n) is 3.29. The molecule has 3 N–H and O–H groups in total. The highest BCUT2D eigenvalue weighted by Gasteiger charge is 2.42. The molecule has 0 aliphatic carbocycles. The van der Waals surface area contributed by atoms with Gasteiger partial charge in [-0.05, 0) is 35.2 Å². The Kier molecular flexibility index (Phi) is 4.31.